The van der Waals surface area contributed by atoms with E-state index in [0.717, 1.165) is 38.1 Å². The first kappa shape index (κ1) is 15.8. The van der Waals surface area contributed by atoms with Crippen LogP contribution in [0.2, 0.25) is 0 Å². The van der Waals surface area contributed by atoms with Gasteiger partial charge in [0.15, 0.2) is 0 Å². The zero-order valence-electron chi connectivity index (χ0n) is 13.0. The second-order valence-corrected chi connectivity index (χ2v) is 6.53. The summed E-state index contributed by atoms with van der Waals surface area (Å²) in [5.41, 5.74) is 0.868. The average molecular weight is 292 g/mol. The van der Waals surface area contributed by atoms with Crippen LogP contribution < -0.4 is 5.32 Å². The molecular weight excluding hydrogens is 268 g/mol. The Morgan fingerprint density at radius 2 is 2.24 bits per heavy atom. The summed E-state index contributed by atoms with van der Waals surface area (Å²) in [4.78, 5) is 15.8. The molecule has 0 radical (unpaired) electrons. The second kappa shape index (κ2) is 6.43. The van der Waals surface area contributed by atoms with E-state index in [1.165, 1.54) is 0 Å². The third-order valence-electron chi connectivity index (χ3n) is 3.64. The predicted molar refractivity (Wildman–Crippen MR) is 82.0 cm³/mol. The Morgan fingerprint density at radius 3 is 2.81 bits per heavy atom. The van der Waals surface area contributed by atoms with Crippen molar-refractivity contribution in [1.29, 1.82) is 0 Å². The monoisotopic (exact) mass is 292 g/mol. The van der Waals surface area contributed by atoms with Gasteiger partial charge in [0.1, 0.15) is 5.82 Å². The van der Waals surface area contributed by atoms with E-state index in [0.29, 0.717) is 11.9 Å². The number of carboxylic acid groups (broad SMARTS) is 1. The highest BCUT2D eigenvalue weighted by molar-refractivity contribution is 5.88. The predicted octanol–water partition coefficient (Wildman–Crippen LogP) is 3.06. The lowest BCUT2D eigenvalue weighted by atomic mass is 9.91. The third-order valence-corrected chi connectivity index (χ3v) is 3.64. The molecule has 0 aromatic carbocycles. The van der Waals surface area contributed by atoms with Gasteiger partial charge in [0, 0.05) is 24.3 Å². The Labute approximate surface area is 125 Å². The topological polar surface area (TPSA) is 71.5 Å². The minimum atomic E-state index is -0.926. The van der Waals surface area contributed by atoms with Gasteiger partial charge in [-0.2, -0.15) is 0 Å². The number of rotatable bonds is 5. The summed E-state index contributed by atoms with van der Waals surface area (Å²) in [5, 5.41) is 12.4. The molecule has 5 nitrogen and oxygen atoms in total. The van der Waals surface area contributed by atoms with Crippen molar-refractivity contribution >= 4 is 11.8 Å². The Hall–Kier alpha value is -1.62. The van der Waals surface area contributed by atoms with Crippen molar-refractivity contribution < 1.29 is 14.6 Å². The van der Waals surface area contributed by atoms with Crippen LogP contribution in [0.4, 0.5) is 5.82 Å². The fraction of sp³-hybridized carbons (Fsp3) is 0.625. The summed E-state index contributed by atoms with van der Waals surface area (Å²) in [6.45, 7) is 7.67. The fourth-order valence-corrected chi connectivity index (χ4v) is 2.36. The van der Waals surface area contributed by atoms with Crippen LogP contribution in [0.1, 0.15) is 56.1 Å². The maximum Gasteiger partial charge on any atom is 0.335 e. The van der Waals surface area contributed by atoms with Crippen molar-refractivity contribution in [3.63, 3.8) is 0 Å². The molecule has 0 bridgehead atoms. The average Bonchev–Trinajstić information content (AvgIpc) is 2.90. The zero-order valence-corrected chi connectivity index (χ0v) is 13.0. The molecule has 0 saturated carbocycles. The maximum absolute atomic E-state index is 11.2. The summed E-state index contributed by atoms with van der Waals surface area (Å²) >= 11 is 0. The molecule has 1 aromatic heterocycles. The van der Waals surface area contributed by atoms with Crippen molar-refractivity contribution in [2.45, 2.75) is 51.6 Å². The standard InChI is InChI=1S/C16H24N2O3/c1-16(2,3)13-9-11(15(19)20)10-14(18-13)17-7-6-12-5-4-8-21-12/h9-10,12H,4-8H2,1-3H3,(H,17,18)(H,19,20). The van der Waals surface area contributed by atoms with Gasteiger partial charge in [0.05, 0.1) is 11.7 Å². The van der Waals surface area contributed by atoms with E-state index in [9.17, 15) is 9.90 Å². The summed E-state index contributed by atoms with van der Waals surface area (Å²) in [7, 11) is 0. The van der Waals surface area contributed by atoms with Gasteiger partial charge in [0.25, 0.3) is 0 Å². The molecule has 1 unspecified atom stereocenters. The fourth-order valence-electron chi connectivity index (χ4n) is 2.36. The molecule has 116 valence electrons. The highest BCUT2D eigenvalue weighted by Crippen LogP contribution is 2.23. The molecule has 1 saturated heterocycles. The number of aromatic nitrogens is 1. The molecule has 2 rings (SSSR count). The van der Waals surface area contributed by atoms with Crippen LogP contribution in [0.3, 0.4) is 0 Å². The van der Waals surface area contributed by atoms with Gasteiger partial charge in [-0.3, -0.25) is 0 Å². The number of hydrogen-bond acceptors (Lipinski definition) is 4. The number of hydrogen-bond donors (Lipinski definition) is 2. The van der Waals surface area contributed by atoms with Crippen LogP contribution in [0, 0.1) is 0 Å². The van der Waals surface area contributed by atoms with E-state index in [1.54, 1.807) is 12.1 Å². The molecule has 2 heterocycles. The maximum atomic E-state index is 11.2. The van der Waals surface area contributed by atoms with Crippen LogP contribution >= 0.6 is 0 Å². The number of anilines is 1. The first-order chi connectivity index (χ1) is 9.86. The quantitative estimate of drug-likeness (QED) is 0.872. The third kappa shape index (κ3) is 4.43. The summed E-state index contributed by atoms with van der Waals surface area (Å²) in [6, 6.07) is 3.24. The molecule has 21 heavy (non-hydrogen) atoms. The molecular formula is C16H24N2O3. The first-order valence-electron chi connectivity index (χ1n) is 7.47. The van der Waals surface area contributed by atoms with Gasteiger partial charge in [-0.15, -0.1) is 0 Å². The molecule has 0 amide bonds. The minimum Gasteiger partial charge on any atom is -0.478 e. The number of nitrogens with zero attached hydrogens (tertiary/aromatic N) is 1. The van der Waals surface area contributed by atoms with E-state index in [4.69, 9.17) is 4.74 Å². The minimum absolute atomic E-state index is 0.184. The number of carboxylic acids is 1. The lowest BCUT2D eigenvalue weighted by Gasteiger charge is -2.20. The van der Waals surface area contributed by atoms with Crippen molar-refractivity contribution in [3.8, 4) is 0 Å². The molecule has 2 N–H and O–H groups in total. The molecule has 1 atom stereocenters. The smallest absolute Gasteiger partial charge is 0.335 e. The largest absolute Gasteiger partial charge is 0.478 e. The van der Waals surface area contributed by atoms with Crippen molar-refractivity contribution in [2.24, 2.45) is 0 Å². The Balaban J connectivity index is 2.06. The van der Waals surface area contributed by atoms with Gasteiger partial charge in [-0.25, -0.2) is 9.78 Å². The Morgan fingerprint density at radius 1 is 1.48 bits per heavy atom. The van der Waals surface area contributed by atoms with Crippen molar-refractivity contribution in [2.75, 3.05) is 18.5 Å². The lowest BCUT2D eigenvalue weighted by molar-refractivity contribution is 0.0696. The first-order valence-corrected chi connectivity index (χ1v) is 7.47. The van der Waals surface area contributed by atoms with E-state index in [2.05, 4.69) is 10.3 Å². The molecule has 1 fully saturated rings. The SMILES string of the molecule is CC(C)(C)c1cc(C(=O)O)cc(NCCC2CCCO2)n1. The molecule has 1 aliphatic heterocycles. The number of carbonyl (C=O) groups is 1. The second-order valence-electron chi connectivity index (χ2n) is 6.53. The van der Waals surface area contributed by atoms with Gasteiger partial charge in [0.2, 0.25) is 0 Å². The van der Waals surface area contributed by atoms with E-state index >= 15 is 0 Å². The molecule has 5 heteroatoms. The van der Waals surface area contributed by atoms with Crippen LogP contribution in [0.5, 0.6) is 0 Å². The highest BCUT2D eigenvalue weighted by Gasteiger charge is 2.19. The van der Waals surface area contributed by atoms with Gasteiger partial charge >= 0.3 is 5.97 Å². The normalized spacial score (nSPS) is 18.7. The summed E-state index contributed by atoms with van der Waals surface area (Å²) in [6.07, 6.45) is 3.48. The molecule has 1 aliphatic rings. The number of pyridine rings is 1. The number of nitrogens with one attached hydrogen (secondary N) is 1. The molecule has 1 aromatic rings. The van der Waals surface area contributed by atoms with E-state index in [-0.39, 0.29) is 11.0 Å². The van der Waals surface area contributed by atoms with E-state index in [1.807, 2.05) is 20.8 Å². The summed E-state index contributed by atoms with van der Waals surface area (Å²) < 4.78 is 5.58. The van der Waals surface area contributed by atoms with Gasteiger partial charge in [-0.05, 0) is 31.4 Å². The molecule has 0 aliphatic carbocycles. The van der Waals surface area contributed by atoms with Gasteiger partial charge in [-0.1, -0.05) is 20.8 Å². The van der Waals surface area contributed by atoms with Crippen LogP contribution in [0.15, 0.2) is 12.1 Å². The van der Waals surface area contributed by atoms with Crippen LogP contribution in [-0.4, -0.2) is 35.3 Å². The van der Waals surface area contributed by atoms with Crippen LogP contribution in [0.25, 0.3) is 0 Å². The van der Waals surface area contributed by atoms with Crippen LogP contribution in [-0.2, 0) is 10.2 Å². The zero-order chi connectivity index (χ0) is 15.5. The van der Waals surface area contributed by atoms with Crippen molar-refractivity contribution in [1.82, 2.24) is 4.98 Å². The summed E-state index contributed by atoms with van der Waals surface area (Å²) in [5.74, 6) is -0.303. The van der Waals surface area contributed by atoms with E-state index < -0.39 is 5.97 Å². The van der Waals surface area contributed by atoms with Gasteiger partial charge < -0.3 is 15.2 Å². The van der Waals surface area contributed by atoms with Crippen molar-refractivity contribution in [3.05, 3.63) is 23.4 Å². The number of aromatic carboxylic acids is 1. The molecule has 0 spiro atoms. The Bertz CT molecular complexity index is 503. The lowest BCUT2D eigenvalue weighted by Crippen LogP contribution is -2.18. The number of ether oxygens (including phenoxy) is 1. The highest BCUT2D eigenvalue weighted by atomic mass is 16.5. The Kier molecular flexibility index (Phi) is 4.83.